The first kappa shape index (κ1) is 21.0. The highest BCUT2D eigenvalue weighted by Crippen LogP contribution is 2.35. The van der Waals surface area contributed by atoms with Crippen molar-refractivity contribution in [3.8, 4) is 0 Å². The molecular weight excluding hydrogens is 392 g/mol. The van der Waals surface area contributed by atoms with Crippen molar-refractivity contribution in [2.45, 2.75) is 20.8 Å². The normalized spacial score (nSPS) is 13.8. The fourth-order valence-electron chi connectivity index (χ4n) is 3.16. The van der Waals surface area contributed by atoms with Gasteiger partial charge in [-0.15, -0.1) is 11.3 Å². The van der Waals surface area contributed by atoms with Crippen molar-refractivity contribution >= 4 is 34.1 Å². The zero-order chi connectivity index (χ0) is 21.0. The van der Waals surface area contributed by atoms with Gasteiger partial charge in [-0.1, -0.05) is 18.2 Å². The second kappa shape index (κ2) is 9.19. The topological polar surface area (TPSA) is 84.9 Å². The second-order valence-electron chi connectivity index (χ2n) is 6.65. The number of hydrogen-bond acceptors (Lipinski definition) is 6. The number of nitrogens with zero attached hydrogens (tertiary/aromatic N) is 1. The summed E-state index contributed by atoms with van der Waals surface area (Å²) in [4.78, 5) is 40.5. The van der Waals surface area contributed by atoms with Gasteiger partial charge in [-0.25, -0.2) is 4.79 Å². The molecule has 0 spiro atoms. The third-order valence-corrected chi connectivity index (χ3v) is 5.93. The van der Waals surface area contributed by atoms with E-state index in [4.69, 9.17) is 9.47 Å². The third-order valence-electron chi connectivity index (χ3n) is 4.74. The summed E-state index contributed by atoms with van der Waals surface area (Å²) in [5.41, 5.74) is 2.08. The number of benzene rings is 1. The molecule has 1 aromatic carbocycles. The van der Waals surface area contributed by atoms with Gasteiger partial charge < -0.3 is 19.7 Å². The molecule has 7 nitrogen and oxygen atoms in total. The molecule has 2 heterocycles. The zero-order valence-corrected chi connectivity index (χ0v) is 17.6. The predicted molar refractivity (Wildman–Crippen MR) is 111 cm³/mol. The van der Waals surface area contributed by atoms with Crippen LogP contribution in [0, 0.1) is 13.8 Å². The van der Waals surface area contributed by atoms with Crippen molar-refractivity contribution in [1.82, 2.24) is 4.90 Å². The van der Waals surface area contributed by atoms with E-state index in [-0.39, 0.29) is 24.0 Å². The van der Waals surface area contributed by atoms with Crippen LogP contribution in [-0.4, -0.2) is 55.6 Å². The lowest BCUT2D eigenvalue weighted by Gasteiger charge is -2.26. The minimum Gasteiger partial charge on any atom is -0.462 e. The van der Waals surface area contributed by atoms with E-state index in [1.165, 1.54) is 0 Å². The molecule has 29 heavy (non-hydrogen) atoms. The van der Waals surface area contributed by atoms with Gasteiger partial charge in [0.25, 0.3) is 11.8 Å². The molecule has 1 aliphatic rings. The first-order chi connectivity index (χ1) is 13.9. The molecule has 1 fully saturated rings. The van der Waals surface area contributed by atoms with Gasteiger partial charge in [0.05, 0.1) is 30.3 Å². The number of carbonyl (C=O) groups excluding carboxylic acids is 3. The number of rotatable bonds is 5. The maximum absolute atomic E-state index is 13.0. The van der Waals surface area contributed by atoms with Crippen LogP contribution in [0.3, 0.4) is 0 Å². The van der Waals surface area contributed by atoms with Gasteiger partial charge in [-0.2, -0.15) is 0 Å². The fourth-order valence-corrected chi connectivity index (χ4v) is 4.32. The molecule has 2 amide bonds. The van der Waals surface area contributed by atoms with Crippen LogP contribution in [0.5, 0.6) is 0 Å². The van der Waals surface area contributed by atoms with E-state index in [0.29, 0.717) is 47.3 Å². The van der Waals surface area contributed by atoms with Crippen molar-refractivity contribution in [2.75, 3.05) is 38.2 Å². The number of thiophene rings is 1. The first-order valence-electron chi connectivity index (χ1n) is 9.48. The van der Waals surface area contributed by atoms with Crippen LogP contribution in [0.1, 0.15) is 48.4 Å². The van der Waals surface area contributed by atoms with Gasteiger partial charge in [-0.05, 0) is 38.0 Å². The lowest BCUT2D eigenvalue weighted by molar-refractivity contribution is 0.0305. The van der Waals surface area contributed by atoms with Crippen molar-refractivity contribution < 1.29 is 23.9 Å². The largest absolute Gasteiger partial charge is 0.462 e. The van der Waals surface area contributed by atoms with E-state index in [0.717, 1.165) is 16.9 Å². The van der Waals surface area contributed by atoms with Gasteiger partial charge in [0.15, 0.2) is 0 Å². The number of ether oxygens (including phenoxy) is 2. The Kier molecular flexibility index (Phi) is 6.66. The first-order valence-corrected chi connectivity index (χ1v) is 10.3. The fraction of sp³-hybridized carbons (Fsp3) is 0.381. The third kappa shape index (κ3) is 4.49. The molecule has 0 radical (unpaired) electrons. The van der Waals surface area contributed by atoms with Gasteiger partial charge in [0.2, 0.25) is 0 Å². The molecule has 0 saturated carbocycles. The van der Waals surface area contributed by atoms with Crippen LogP contribution < -0.4 is 5.32 Å². The summed E-state index contributed by atoms with van der Waals surface area (Å²) in [5.74, 6) is -1.06. The Bertz CT molecular complexity index is 931. The highest BCUT2D eigenvalue weighted by Gasteiger charge is 2.29. The molecule has 1 aliphatic heterocycles. The van der Waals surface area contributed by atoms with E-state index in [1.54, 1.807) is 30.9 Å². The zero-order valence-electron chi connectivity index (χ0n) is 16.7. The Morgan fingerprint density at radius 1 is 1.17 bits per heavy atom. The quantitative estimate of drug-likeness (QED) is 0.756. The van der Waals surface area contributed by atoms with Gasteiger partial charge >= 0.3 is 5.97 Å². The molecule has 3 rings (SSSR count). The van der Waals surface area contributed by atoms with E-state index >= 15 is 0 Å². The van der Waals surface area contributed by atoms with Gasteiger partial charge in [-0.3, -0.25) is 9.59 Å². The van der Waals surface area contributed by atoms with Crippen LogP contribution in [0.4, 0.5) is 5.00 Å². The molecule has 0 atom stereocenters. The van der Waals surface area contributed by atoms with Gasteiger partial charge in [0, 0.05) is 18.7 Å². The van der Waals surface area contributed by atoms with Crippen LogP contribution in [0.25, 0.3) is 0 Å². The Balaban J connectivity index is 1.96. The Morgan fingerprint density at radius 2 is 1.86 bits per heavy atom. The monoisotopic (exact) mass is 416 g/mol. The summed E-state index contributed by atoms with van der Waals surface area (Å²) < 4.78 is 10.5. The second-order valence-corrected chi connectivity index (χ2v) is 7.68. The van der Waals surface area contributed by atoms with Crippen LogP contribution in [-0.2, 0) is 9.47 Å². The molecule has 0 bridgehead atoms. The molecule has 154 valence electrons. The maximum Gasteiger partial charge on any atom is 0.341 e. The molecule has 0 aliphatic carbocycles. The van der Waals surface area contributed by atoms with Crippen molar-refractivity contribution in [1.29, 1.82) is 0 Å². The summed E-state index contributed by atoms with van der Waals surface area (Å²) in [6, 6.07) is 7.19. The number of hydrogen-bond donors (Lipinski definition) is 1. The smallest absolute Gasteiger partial charge is 0.341 e. The Labute approximate surface area is 173 Å². The lowest BCUT2D eigenvalue weighted by atomic mass is 10.1. The average Bonchev–Trinajstić information content (AvgIpc) is 3.04. The number of aryl methyl sites for hydroxylation is 1. The van der Waals surface area contributed by atoms with E-state index in [9.17, 15) is 14.4 Å². The Hall–Kier alpha value is -2.71. The van der Waals surface area contributed by atoms with Crippen molar-refractivity contribution in [3.63, 3.8) is 0 Å². The summed E-state index contributed by atoms with van der Waals surface area (Å²) in [7, 11) is 0. The Morgan fingerprint density at radius 3 is 2.52 bits per heavy atom. The summed E-state index contributed by atoms with van der Waals surface area (Å²) in [6.45, 7) is 7.42. The van der Waals surface area contributed by atoms with E-state index in [1.807, 2.05) is 19.1 Å². The molecule has 1 aromatic heterocycles. The number of esters is 1. The van der Waals surface area contributed by atoms with Crippen molar-refractivity contribution in [3.05, 3.63) is 51.4 Å². The number of nitrogens with one attached hydrogen (secondary N) is 1. The summed E-state index contributed by atoms with van der Waals surface area (Å²) >= 11 is 1.11. The lowest BCUT2D eigenvalue weighted by Crippen LogP contribution is -2.40. The average molecular weight is 416 g/mol. The van der Waals surface area contributed by atoms with Crippen LogP contribution >= 0.6 is 11.3 Å². The number of anilines is 1. The highest BCUT2D eigenvalue weighted by molar-refractivity contribution is 7.18. The highest BCUT2D eigenvalue weighted by atomic mass is 32.1. The van der Waals surface area contributed by atoms with Crippen LogP contribution in [0.15, 0.2) is 24.3 Å². The molecule has 1 N–H and O–H groups in total. The predicted octanol–water partition coefficient (Wildman–Crippen LogP) is 3.27. The van der Waals surface area contributed by atoms with Crippen LogP contribution in [0.2, 0.25) is 0 Å². The van der Waals surface area contributed by atoms with E-state index < -0.39 is 5.97 Å². The van der Waals surface area contributed by atoms with Gasteiger partial charge in [0.1, 0.15) is 5.00 Å². The minimum absolute atomic E-state index is 0.169. The molecule has 0 unspecified atom stereocenters. The molecule has 2 aromatic rings. The molecular formula is C21H24N2O5S. The number of carbonyl (C=O) groups is 3. The maximum atomic E-state index is 13.0. The number of morpholine rings is 1. The van der Waals surface area contributed by atoms with Crippen molar-refractivity contribution in [2.24, 2.45) is 0 Å². The summed E-state index contributed by atoms with van der Waals surface area (Å²) in [5, 5.41) is 3.13. The standard InChI is InChI=1S/C21H24N2O5S/c1-4-28-21(26)16-14(3)17(20(25)23-9-11-27-12-10-23)29-19(16)22-18(24)15-8-6-5-7-13(15)2/h5-8H,4,9-12H2,1-3H3,(H,22,24). The minimum atomic E-state index is -0.553. The summed E-state index contributed by atoms with van der Waals surface area (Å²) in [6.07, 6.45) is 0. The molecule has 1 saturated heterocycles. The van der Waals surface area contributed by atoms with E-state index in [2.05, 4.69) is 5.32 Å². The number of amides is 2. The molecule has 8 heteroatoms. The SMILES string of the molecule is CCOC(=O)c1c(NC(=O)c2ccccc2C)sc(C(=O)N2CCOCC2)c1C.